The third-order valence-electron chi connectivity index (χ3n) is 2.60. The van der Waals surface area contributed by atoms with Gasteiger partial charge in [-0.3, -0.25) is 4.98 Å². The van der Waals surface area contributed by atoms with Gasteiger partial charge < -0.3 is 5.32 Å². The fraction of sp³-hybridized carbons (Fsp3) is 0.462. The molecule has 2 rings (SSSR count). The number of pyridine rings is 1. The number of rotatable bonds is 5. The number of hydrogen-bond acceptors (Lipinski definition) is 5. The summed E-state index contributed by atoms with van der Waals surface area (Å²) in [6, 6.07) is 4.23. The van der Waals surface area contributed by atoms with E-state index in [9.17, 15) is 0 Å². The van der Waals surface area contributed by atoms with Crippen LogP contribution in [0.25, 0.3) is 0 Å². The quantitative estimate of drug-likeness (QED) is 0.898. The summed E-state index contributed by atoms with van der Waals surface area (Å²) in [6.45, 7) is 6.46. The maximum Gasteiger partial charge on any atom is 0.203 e. The molecule has 0 saturated carbocycles. The van der Waals surface area contributed by atoms with Gasteiger partial charge in [0, 0.05) is 30.3 Å². The molecule has 0 amide bonds. The van der Waals surface area contributed by atoms with E-state index >= 15 is 0 Å². The molecule has 0 aliphatic rings. The van der Waals surface area contributed by atoms with Crippen molar-refractivity contribution < 1.29 is 0 Å². The Morgan fingerprint density at radius 1 is 1.22 bits per heavy atom. The van der Waals surface area contributed by atoms with Crippen molar-refractivity contribution in [3.8, 4) is 0 Å². The Labute approximate surface area is 112 Å². The lowest BCUT2D eigenvalue weighted by Gasteiger charge is -2.12. The van der Waals surface area contributed by atoms with E-state index in [2.05, 4.69) is 40.4 Å². The van der Waals surface area contributed by atoms with Gasteiger partial charge in [-0.1, -0.05) is 13.8 Å². The molecule has 1 atom stereocenters. The molecule has 0 fully saturated rings. The zero-order valence-electron chi connectivity index (χ0n) is 10.9. The van der Waals surface area contributed by atoms with E-state index in [1.165, 1.54) is 17.1 Å². The highest BCUT2D eigenvalue weighted by molar-refractivity contribution is 7.09. The molecule has 4 nitrogen and oxygen atoms in total. The minimum atomic E-state index is 0.216. The molecule has 0 unspecified atom stereocenters. The summed E-state index contributed by atoms with van der Waals surface area (Å²) >= 11 is 1.43. The number of nitrogens with zero attached hydrogens (tertiary/aromatic N) is 3. The lowest BCUT2D eigenvalue weighted by molar-refractivity contribution is 0.627. The molecule has 0 spiro atoms. The number of anilines is 1. The highest BCUT2D eigenvalue weighted by Crippen LogP contribution is 2.20. The Hall–Kier alpha value is -1.49. The minimum absolute atomic E-state index is 0.216. The van der Waals surface area contributed by atoms with Crippen LogP contribution in [0.15, 0.2) is 24.5 Å². The van der Waals surface area contributed by atoms with Crippen molar-refractivity contribution in [2.24, 2.45) is 5.92 Å². The third kappa shape index (κ3) is 3.50. The molecule has 0 radical (unpaired) electrons. The van der Waals surface area contributed by atoms with E-state index in [-0.39, 0.29) is 6.04 Å². The molecule has 18 heavy (non-hydrogen) atoms. The highest BCUT2D eigenvalue weighted by Gasteiger charge is 2.09. The van der Waals surface area contributed by atoms with E-state index in [4.69, 9.17) is 0 Å². The molecular formula is C13H18N4S. The average molecular weight is 262 g/mol. The first-order chi connectivity index (χ1) is 8.65. The second kappa shape index (κ2) is 5.91. The molecule has 2 heterocycles. The molecule has 1 N–H and O–H groups in total. The van der Waals surface area contributed by atoms with Gasteiger partial charge in [0.15, 0.2) is 0 Å². The van der Waals surface area contributed by atoms with Crippen molar-refractivity contribution in [3.05, 3.63) is 35.9 Å². The van der Waals surface area contributed by atoms with Crippen LogP contribution in [0.2, 0.25) is 0 Å². The van der Waals surface area contributed by atoms with Crippen LogP contribution in [0.5, 0.6) is 0 Å². The van der Waals surface area contributed by atoms with E-state index in [0.717, 1.165) is 17.4 Å². The Balaban J connectivity index is 1.99. The fourth-order valence-electron chi connectivity index (χ4n) is 1.68. The Morgan fingerprint density at radius 2 is 1.94 bits per heavy atom. The molecular weight excluding hydrogens is 244 g/mol. The van der Waals surface area contributed by atoms with Gasteiger partial charge in [0.1, 0.15) is 5.82 Å². The first-order valence-electron chi connectivity index (χ1n) is 6.14. The van der Waals surface area contributed by atoms with Crippen molar-refractivity contribution in [3.63, 3.8) is 0 Å². The molecule has 0 aliphatic heterocycles. The molecule has 5 heteroatoms. The molecule has 2 aromatic heterocycles. The van der Waals surface area contributed by atoms with Gasteiger partial charge in [-0.2, -0.15) is 4.37 Å². The summed E-state index contributed by atoms with van der Waals surface area (Å²) in [5.74, 6) is 1.52. The Morgan fingerprint density at radius 3 is 2.61 bits per heavy atom. The van der Waals surface area contributed by atoms with Crippen LogP contribution in [0.4, 0.5) is 5.13 Å². The minimum Gasteiger partial charge on any atom is -0.354 e. The van der Waals surface area contributed by atoms with Crippen LogP contribution in [0, 0.1) is 5.92 Å². The van der Waals surface area contributed by atoms with Crippen LogP contribution in [-0.2, 0) is 6.42 Å². The summed E-state index contributed by atoms with van der Waals surface area (Å²) in [7, 11) is 0. The van der Waals surface area contributed by atoms with E-state index < -0.39 is 0 Å². The topological polar surface area (TPSA) is 50.7 Å². The van der Waals surface area contributed by atoms with Crippen LogP contribution >= 0.6 is 11.5 Å². The van der Waals surface area contributed by atoms with E-state index in [0.29, 0.717) is 5.92 Å². The van der Waals surface area contributed by atoms with Gasteiger partial charge >= 0.3 is 0 Å². The van der Waals surface area contributed by atoms with Gasteiger partial charge in [0.25, 0.3) is 0 Å². The lowest BCUT2D eigenvalue weighted by atomic mass is 10.1. The molecule has 2 aromatic rings. The Kier molecular flexibility index (Phi) is 4.25. The van der Waals surface area contributed by atoms with Gasteiger partial charge in [-0.15, -0.1) is 0 Å². The molecule has 0 aromatic carbocycles. The molecule has 0 aliphatic carbocycles. The molecule has 96 valence electrons. The SMILES string of the molecule is CC(C)Cc1nsc(N[C@@H](C)c2ccncc2)n1. The highest BCUT2D eigenvalue weighted by atomic mass is 32.1. The largest absolute Gasteiger partial charge is 0.354 e. The van der Waals surface area contributed by atoms with Crippen LogP contribution in [0.1, 0.15) is 38.2 Å². The zero-order chi connectivity index (χ0) is 13.0. The second-order valence-electron chi connectivity index (χ2n) is 4.76. The predicted molar refractivity (Wildman–Crippen MR) is 74.7 cm³/mol. The Bertz CT molecular complexity index is 481. The van der Waals surface area contributed by atoms with Crippen LogP contribution < -0.4 is 5.32 Å². The van der Waals surface area contributed by atoms with Crippen molar-refractivity contribution in [2.45, 2.75) is 33.2 Å². The molecule has 0 bridgehead atoms. The van der Waals surface area contributed by atoms with Crippen molar-refractivity contribution in [1.29, 1.82) is 0 Å². The van der Waals surface area contributed by atoms with Gasteiger partial charge in [0.05, 0.1) is 6.04 Å². The average Bonchev–Trinajstić information content (AvgIpc) is 2.76. The summed E-state index contributed by atoms with van der Waals surface area (Å²) in [4.78, 5) is 8.52. The zero-order valence-corrected chi connectivity index (χ0v) is 11.7. The van der Waals surface area contributed by atoms with E-state index in [1.54, 1.807) is 12.4 Å². The van der Waals surface area contributed by atoms with Crippen molar-refractivity contribution in [1.82, 2.24) is 14.3 Å². The summed E-state index contributed by atoms with van der Waals surface area (Å²) < 4.78 is 4.36. The standard InChI is InChI=1S/C13H18N4S/c1-9(2)8-12-16-13(18-17-12)15-10(3)11-4-6-14-7-5-11/h4-7,9-10H,8H2,1-3H3,(H,15,16,17)/t10-/m0/s1. The van der Waals surface area contributed by atoms with Crippen molar-refractivity contribution >= 4 is 16.7 Å². The number of aromatic nitrogens is 3. The summed E-state index contributed by atoms with van der Waals surface area (Å²) in [6.07, 6.45) is 4.54. The lowest BCUT2D eigenvalue weighted by Crippen LogP contribution is -2.06. The van der Waals surface area contributed by atoms with Gasteiger partial charge in [-0.25, -0.2) is 4.98 Å². The molecule has 0 saturated heterocycles. The van der Waals surface area contributed by atoms with Gasteiger partial charge in [-0.05, 0) is 30.5 Å². The monoisotopic (exact) mass is 262 g/mol. The van der Waals surface area contributed by atoms with Crippen LogP contribution in [-0.4, -0.2) is 14.3 Å². The maximum atomic E-state index is 4.50. The summed E-state index contributed by atoms with van der Waals surface area (Å²) in [5, 5.41) is 4.25. The first kappa shape index (κ1) is 13.0. The number of hydrogen-bond donors (Lipinski definition) is 1. The van der Waals surface area contributed by atoms with E-state index in [1.807, 2.05) is 12.1 Å². The van der Waals surface area contributed by atoms with Crippen LogP contribution in [0.3, 0.4) is 0 Å². The first-order valence-corrected chi connectivity index (χ1v) is 6.91. The smallest absolute Gasteiger partial charge is 0.203 e. The normalized spacial score (nSPS) is 12.7. The third-order valence-corrected chi connectivity index (χ3v) is 3.29. The predicted octanol–water partition coefficient (Wildman–Crippen LogP) is 3.30. The van der Waals surface area contributed by atoms with Gasteiger partial charge in [0.2, 0.25) is 5.13 Å². The number of nitrogens with one attached hydrogen (secondary N) is 1. The second-order valence-corrected chi connectivity index (χ2v) is 5.51. The fourth-order valence-corrected chi connectivity index (χ4v) is 2.36. The van der Waals surface area contributed by atoms with Crippen molar-refractivity contribution in [2.75, 3.05) is 5.32 Å². The summed E-state index contributed by atoms with van der Waals surface area (Å²) in [5.41, 5.74) is 1.20. The maximum absolute atomic E-state index is 4.50.